The summed E-state index contributed by atoms with van der Waals surface area (Å²) in [6.07, 6.45) is 0. The number of H-pyrrole nitrogens is 1. The molecule has 2 aromatic rings. The number of hydrogen-bond donors (Lipinski definition) is 2. The standard InChI is InChI=1S/C11H9BrClN3O/c1-6-4-10(16-15-6)14-11(17)7-2-3-8(12)9(13)5-7/h2-5H,1H3,(H2,14,15,16,17). The Hall–Kier alpha value is -1.33. The Kier molecular flexibility index (Phi) is 3.49. The van der Waals surface area contributed by atoms with Gasteiger partial charge in [0.2, 0.25) is 0 Å². The maximum absolute atomic E-state index is 11.8. The first-order valence-electron chi connectivity index (χ1n) is 4.84. The number of nitrogens with one attached hydrogen (secondary N) is 2. The van der Waals surface area contributed by atoms with Gasteiger partial charge in [-0.05, 0) is 41.1 Å². The summed E-state index contributed by atoms with van der Waals surface area (Å²) in [5.41, 5.74) is 1.37. The van der Waals surface area contributed by atoms with E-state index in [0.29, 0.717) is 16.4 Å². The molecule has 17 heavy (non-hydrogen) atoms. The van der Waals surface area contributed by atoms with E-state index >= 15 is 0 Å². The number of anilines is 1. The predicted molar refractivity (Wildman–Crippen MR) is 70.4 cm³/mol. The highest BCUT2D eigenvalue weighted by molar-refractivity contribution is 9.10. The minimum atomic E-state index is -0.245. The molecule has 1 aromatic heterocycles. The summed E-state index contributed by atoms with van der Waals surface area (Å²) >= 11 is 9.18. The second-order valence-electron chi connectivity index (χ2n) is 3.52. The fourth-order valence-electron chi connectivity index (χ4n) is 1.31. The van der Waals surface area contributed by atoms with Crippen molar-refractivity contribution < 1.29 is 4.79 Å². The van der Waals surface area contributed by atoms with Crippen LogP contribution in [0, 0.1) is 6.92 Å². The van der Waals surface area contributed by atoms with Crippen molar-refractivity contribution in [3.05, 3.63) is 45.0 Å². The van der Waals surface area contributed by atoms with Crippen LogP contribution in [0.15, 0.2) is 28.7 Å². The molecule has 0 atom stereocenters. The van der Waals surface area contributed by atoms with Crippen LogP contribution in [-0.2, 0) is 0 Å². The van der Waals surface area contributed by atoms with Crippen molar-refractivity contribution in [2.75, 3.05) is 5.32 Å². The largest absolute Gasteiger partial charge is 0.305 e. The van der Waals surface area contributed by atoms with Gasteiger partial charge >= 0.3 is 0 Å². The average Bonchev–Trinajstić information content (AvgIpc) is 2.68. The SMILES string of the molecule is Cc1cc(NC(=O)c2ccc(Br)c(Cl)c2)n[nH]1. The van der Waals surface area contributed by atoms with Crippen molar-refractivity contribution >= 4 is 39.3 Å². The second-order valence-corrected chi connectivity index (χ2v) is 4.78. The Balaban J connectivity index is 2.17. The Morgan fingerprint density at radius 2 is 2.24 bits per heavy atom. The lowest BCUT2D eigenvalue weighted by molar-refractivity contribution is 0.102. The van der Waals surface area contributed by atoms with Gasteiger partial charge in [-0.3, -0.25) is 9.89 Å². The number of carbonyl (C=O) groups excluding carboxylic acids is 1. The number of halogens is 2. The molecule has 2 N–H and O–H groups in total. The van der Waals surface area contributed by atoms with Gasteiger partial charge in [0, 0.05) is 21.8 Å². The molecule has 1 heterocycles. The molecule has 0 aliphatic carbocycles. The molecule has 6 heteroatoms. The number of hydrogen-bond acceptors (Lipinski definition) is 2. The molecule has 0 fully saturated rings. The summed E-state index contributed by atoms with van der Waals surface area (Å²) in [6, 6.07) is 6.76. The molecule has 0 radical (unpaired) electrons. The van der Waals surface area contributed by atoms with Crippen molar-refractivity contribution in [1.82, 2.24) is 10.2 Å². The lowest BCUT2D eigenvalue weighted by atomic mass is 10.2. The first-order chi connectivity index (χ1) is 8.06. The summed E-state index contributed by atoms with van der Waals surface area (Å²) < 4.78 is 0.756. The van der Waals surface area contributed by atoms with Gasteiger partial charge in [0.25, 0.3) is 5.91 Å². The van der Waals surface area contributed by atoms with Crippen LogP contribution in [0.2, 0.25) is 5.02 Å². The lowest BCUT2D eigenvalue weighted by Crippen LogP contribution is -2.12. The van der Waals surface area contributed by atoms with Gasteiger partial charge in [-0.1, -0.05) is 11.6 Å². The van der Waals surface area contributed by atoms with Crippen molar-refractivity contribution in [3.63, 3.8) is 0 Å². The van der Waals surface area contributed by atoms with Crippen LogP contribution >= 0.6 is 27.5 Å². The van der Waals surface area contributed by atoms with E-state index in [9.17, 15) is 4.79 Å². The molecule has 0 bridgehead atoms. The number of nitrogens with zero attached hydrogens (tertiary/aromatic N) is 1. The molecule has 2 rings (SSSR count). The fourth-order valence-corrected chi connectivity index (χ4v) is 1.74. The van der Waals surface area contributed by atoms with E-state index in [1.165, 1.54) is 0 Å². The van der Waals surface area contributed by atoms with Gasteiger partial charge in [0.15, 0.2) is 5.82 Å². The van der Waals surface area contributed by atoms with E-state index in [1.54, 1.807) is 24.3 Å². The molecule has 4 nitrogen and oxygen atoms in total. The third kappa shape index (κ3) is 2.87. The zero-order valence-corrected chi connectivity index (χ0v) is 11.3. The maximum atomic E-state index is 11.8. The van der Waals surface area contributed by atoms with Gasteiger partial charge in [0.05, 0.1) is 5.02 Å². The highest BCUT2D eigenvalue weighted by Crippen LogP contribution is 2.23. The normalized spacial score (nSPS) is 10.3. The summed E-state index contributed by atoms with van der Waals surface area (Å²) in [6.45, 7) is 1.86. The van der Waals surface area contributed by atoms with Crippen LogP contribution < -0.4 is 5.32 Å². The van der Waals surface area contributed by atoms with Crippen molar-refractivity contribution in [3.8, 4) is 0 Å². The van der Waals surface area contributed by atoms with E-state index < -0.39 is 0 Å². The number of aryl methyl sites for hydroxylation is 1. The Morgan fingerprint density at radius 1 is 1.47 bits per heavy atom. The fraction of sp³-hybridized carbons (Fsp3) is 0.0909. The van der Waals surface area contributed by atoms with Crippen LogP contribution in [0.5, 0.6) is 0 Å². The predicted octanol–water partition coefficient (Wildman–Crippen LogP) is 3.39. The molecule has 0 aliphatic rings. The highest BCUT2D eigenvalue weighted by atomic mass is 79.9. The Bertz CT molecular complexity index is 568. The van der Waals surface area contributed by atoms with Gasteiger partial charge in [0.1, 0.15) is 0 Å². The third-order valence-corrected chi connectivity index (χ3v) is 3.36. The van der Waals surface area contributed by atoms with Crippen LogP contribution in [0.4, 0.5) is 5.82 Å². The topological polar surface area (TPSA) is 57.8 Å². The van der Waals surface area contributed by atoms with Crippen LogP contribution in [0.1, 0.15) is 16.1 Å². The smallest absolute Gasteiger partial charge is 0.256 e. The van der Waals surface area contributed by atoms with Crippen LogP contribution in [-0.4, -0.2) is 16.1 Å². The first-order valence-corrected chi connectivity index (χ1v) is 6.02. The van der Waals surface area contributed by atoms with Crippen LogP contribution in [0.25, 0.3) is 0 Å². The highest BCUT2D eigenvalue weighted by Gasteiger charge is 2.09. The van der Waals surface area contributed by atoms with E-state index in [2.05, 4.69) is 31.4 Å². The summed E-state index contributed by atoms with van der Waals surface area (Å²) in [4.78, 5) is 11.8. The molecule has 0 unspecified atom stereocenters. The quantitative estimate of drug-likeness (QED) is 0.892. The molecule has 0 saturated heterocycles. The maximum Gasteiger partial charge on any atom is 0.256 e. The monoisotopic (exact) mass is 313 g/mol. The number of aromatic nitrogens is 2. The summed E-state index contributed by atoms with van der Waals surface area (Å²) in [7, 11) is 0. The number of aromatic amines is 1. The lowest BCUT2D eigenvalue weighted by Gasteiger charge is -2.03. The molecule has 88 valence electrons. The minimum Gasteiger partial charge on any atom is -0.305 e. The van der Waals surface area contributed by atoms with Crippen LogP contribution in [0.3, 0.4) is 0 Å². The second kappa shape index (κ2) is 4.89. The summed E-state index contributed by atoms with van der Waals surface area (Å²) in [5, 5.41) is 9.84. The number of amides is 1. The third-order valence-electron chi connectivity index (χ3n) is 2.13. The van der Waals surface area contributed by atoms with Crippen molar-refractivity contribution in [2.45, 2.75) is 6.92 Å². The number of benzene rings is 1. The number of carbonyl (C=O) groups is 1. The molecular weight excluding hydrogens is 305 g/mol. The molecule has 0 saturated carbocycles. The number of rotatable bonds is 2. The van der Waals surface area contributed by atoms with Crippen molar-refractivity contribution in [1.29, 1.82) is 0 Å². The summed E-state index contributed by atoms with van der Waals surface area (Å²) in [5.74, 6) is 0.248. The van der Waals surface area contributed by atoms with E-state index in [-0.39, 0.29) is 5.91 Å². The van der Waals surface area contributed by atoms with Gasteiger partial charge in [-0.15, -0.1) is 0 Å². The molecule has 0 spiro atoms. The molecular formula is C11H9BrClN3O. The Morgan fingerprint density at radius 3 is 2.82 bits per heavy atom. The van der Waals surface area contributed by atoms with E-state index in [1.807, 2.05) is 6.92 Å². The minimum absolute atomic E-state index is 0.245. The molecule has 1 aromatic carbocycles. The molecule has 0 aliphatic heterocycles. The first kappa shape index (κ1) is 12.1. The molecule has 1 amide bonds. The zero-order chi connectivity index (χ0) is 12.4. The van der Waals surface area contributed by atoms with E-state index in [4.69, 9.17) is 11.6 Å². The van der Waals surface area contributed by atoms with E-state index in [0.717, 1.165) is 10.2 Å². The van der Waals surface area contributed by atoms with Gasteiger partial charge in [-0.25, -0.2) is 0 Å². The Labute approximate surface area is 111 Å². The van der Waals surface area contributed by atoms with Gasteiger partial charge < -0.3 is 5.32 Å². The van der Waals surface area contributed by atoms with Crippen molar-refractivity contribution in [2.24, 2.45) is 0 Å². The van der Waals surface area contributed by atoms with Gasteiger partial charge in [-0.2, -0.15) is 5.10 Å². The average molecular weight is 315 g/mol. The zero-order valence-electron chi connectivity index (χ0n) is 8.92.